The molecule has 146 valence electrons. The van der Waals surface area contributed by atoms with Gasteiger partial charge in [0.1, 0.15) is 5.82 Å². The summed E-state index contributed by atoms with van der Waals surface area (Å²) in [5, 5.41) is 3.49. The molecule has 0 amide bonds. The number of hydrogen-bond acceptors (Lipinski definition) is 5. The monoisotopic (exact) mass is 389 g/mol. The second kappa shape index (κ2) is 7.21. The molecule has 0 aliphatic carbocycles. The summed E-state index contributed by atoms with van der Waals surface area (Å²) < 4.78 is 39.4. The average Bonchev–Trinajstić information content (AvgIpc) is 2.69. The van der Waals surface area contributed by atoms with Crippen molar-refractivity contribution in [3.8, 4) is 0 Å². The third-order valence-electron chi connectivity index (χ3n) is 4.96. The maximum absolute atomic E-state index is 12.8. The van der Waals surface area contributed by atoms with Gasteiger partial charge in [-0.15, -0.1) is 0 Å². The minimum Gasteiger partial charge on any atom is -0.355 e. The molecule has 1 aliphatic heterocycles. The average molecular weight is 389 g/mol. The SMILES string of the molecule is O=c1ccc(C(F)(F)F)nn1CC1CCN(c2cnc3ccccc3n2)CC1. The number of para-hydroxylation sites is 2. The smallest absolute Gasteiger partial charge is 0.355 e. The lowest BCUT2D eigenvalue weighted by Crippen LogP contribution is -2.37. The zero-order valence-corrected chi connectivity index (χ0v) is 14.9. The van der Waals surface area contributed by atoms with Crippen molar-refractivity contribution in [2.75, 3.05) is 18.0 Å². The normalized spacial score (nSPS) is 15.9. The molecule has 0 unspecified atom stereocenters. The zero-order chi connectivity index (χ0) is 19.7. The number of halogens is 3. The van der Waals surface area contributed by atoms with Crippen molar-refractivity contribution in [2.45, 2.75) is 25.6 Å². The van der Waals surface area contributed by atoms with Gasteiger partial charge in [0.2, 0.25) is 0 Å². The largest absolute Gasteiger partial charge is 0.435 e. The molecule has 0 radical (unpaired) electrons. The van der Waals surface area contributed by atoms with Gasteiger partial charge in [-0.25, -0.2) is 9.67 Å². The maximum Gasteiger partial charge on any atom is 0.435 e. The predicted octanol–water partition coefficient (Wildman–Crippen LogP) is 3.12. The summed E-state index contributed by atoms with van der Waals surface area (Å²) in [6.07, 6.45) is -1.35. The summed E-state index contributed by atoms with van der Waals surface area (Å²) in [7, 11) is 0. The number of benzene rings is 1. The van der Waals surface area contributed by atoms with Crippen molar-refractivity contribution in [2.24, 2.45) is 5.92 Å². The third kappa shape index (κ3) is 3.83. The molecule has 6 nitrogen and oxygen atoms in total. The summed E-state index contributed by atoms with van der Waals surface area (Å²) in [6, 6.07) is 9.27. The Morgan fingerprint density at radius 3 is 2.46 bits per heavy atom. The number of rotatable bonds is 3. The van der Waals surface area contributed by atoms with Crippen LogP contribution in [0.3, 0.4) is 0 Å². The van der Waals surface area contributed by atoms with Crippen LogP contribution in [0.1, 0.15) is 18.5 Å². The molecule has 1 aliphatic rings. The van der Waals surface area contributed by atoms with E-state index in [1.165, 1.54) is 0 Å². The molecule has 3 heterocycles. The number of aromatic nitrogens is 4. The van der Waals surface area contributed by atoms with E-state index in [9.17, 15) is 18.0 Å². The Morgan fingerprint density at radius 1 is 1.04 bits per heavy atom. The summed E-state index contributed by atoms with van der Waals surface area (Å²) in [6.45, 7) is 1.58. The number of nitrogens with zero attached hydrogens (tertiary/aromatic N) is 5. The quantitative estimate of drug-likeness (QED) is 0.689. The first kappa shape index (κ1) is 18.4. The summed E-state index contributed by atoms with van der Waals surface area (Å²) in [4.78, 5) is 23.0. The molecule has 0 spiro atoms. The van der Waals surface area contributed by atoms with Crippen molar-refractivity contribution in [1.29, 1.82) is 0 Å². The Labute approximate surface area is 158 Å². The van der Waals surface area contributed by atoms with Crippen LogP contribution in [0.2, 0.25) is 0 Å². The summed E-state index contributed by atoms with van der Waals surface area (Å²) in [5.41, 5.74) is 0.0878. The third-order valence-corrected chi connectivity index (χ3v) is 4.96. The molecule has 28 heavy (non-hydrogen) atoms. The lowest BCUT2D eigenvalue weighted by molar-refractivity contribution is -0.142. The molecule has 0 N–H and O–H groups in total. The van der Waals surface area contributed by atoms with E-state index in [4.69, 9.17) is 0 Å². The van der Waals surface area contributed by atoms with E-state index in [0.29, 0.717) is 13.1 Å². The second-order valence-corrected chi connectivity index (χ2v) is 6.88. The Morgan fingerprint density at radius 2 is 1.75 bits per heavy atom. The maximum atomic E-state index is 12.8. The molecule has 9 heteroatoms. The highest BCUT2D eigenvalue weighted by atomic mass is 19.4. The first-order chi connectivity index (χ1) is 13.4. The molecule has 1 saturated heterocycles. The van der Waals surface area contributed by atoms with Crippen LogP contribution in [0.5, 0.6) is 0 Å². The first-order valence-corrected chi connectivity index (χ1v) is 9.02. The van der Waals surface area contributed by atoms with Crippen LogP contribution in [0.15, 0.2) is 47.4 Å². The molecular weight excluding hydrogens is 371 g/mol. The number of fused-ring (bicyclic) bond motifs is 1. The molecule has 0 bridgehead atoms. The zero-order valence-electron chi connectivity index (χ0n) is 14.9. The van der Waals surface area contributed by atoms with Crippen LogP contribution in [0, 0.1) is 5.92 Å². The van der Waals surface area contributed by atoms with Gasteiger partial charge in [-0.3, -0.25) is 9.78 Å². The van der Waals surface area contributed by atoms with Gasteiger partial charge in [0.05, 0.1) is 17.2 Å². The van der Waals surface area contributed by atoms with Crippen LogP contribution in [0.4, 0.5) is 19.0 Å². The lowest BCUT2D eigenvalue weighted by atomic mass is 9.97. The van der Waals surface area contributed by atoms with Gasteiger partial charge in [-0.05, 0) is 37.0 Å². The number of anilines is 1. The molecule has 3 aromatic rings. The van der Waals surface area contributed by atoms with Crippen LogP contribution in [-0.2, 0) is 12.7 Å². The van der Waals surface area contributed by atoms with Gasteiger partial charge < -0.3 is 4.90 Å². The van der Waals surface area contributed by atoms with Gasteiger partial charge in [-0.2, -0.15) is 18.3 Å². The fourth-order valence-electron chi connectivity index (χ4n) is 3.42. The van der Waals surface area contributed by atoms with Crippen LogP contribution >= 0.6 is 0 Å². The molecule has 1 fully saturated rings. The highest BCUT2D eigenvalue weighted by Gasteiger charge is 2.33. The van der Waals surface area contributed by atoms with E-state index in [1.807, 2.05) is 24.3 Å². The van der Waals surface area contributed by atoms with E-state index < -0.39 is 17.4 Å². The Kier molecular flexibility index (Phi) is 4.74. The Hall–Kier alpha value is -2.97. The highest BCUT2D eigenvalue weighted by Crippen LogP contribution is 2.27. The van der Waals surface area contributed by atoms with E-state index in [1.54, 1.807) is 6.20 Å². The van der Waals surface area contributed by atoms with Gasteiger partial charge in [-0.1, -0.05) is 12.1 Å². The fourth-order valence-corrected chi connectivity index (χ4v) is 3.42. The fraction of sp³-hybridized carbons (Fsp3) is 0.368. The molecule has 2 aromatic heterocycles. The second-order valence-electron chi connectivity index (χ2n) is 6.88. The van der Waals surface area contributed by atoms with Gasteiger partial charge in [0, 0.05) is 25.7 Å². The summed E-state index contributed by atoms with van der Waals surface area (Å²) >= 11 is 0. The van der Waals surface area contributed by atoms with Gasteiger partial charge >= 0.3 is 6.18 Å². The van der Waals surface area contributed by atoms with Gasteiger partial charge in [0.15, 0.2) is 5.69 Å². The van der Waals surface area contributed by atoms with E-state index in [2.05, 4.69) is 20.0 Å². The van der Waals surface area contributed by atoms with E-state index >= 15 is 0 Å². The van der Waals surface area contributed by atoms with Crippen molar-refractivity contribution in [3.05, 3.63) is 58.6 Å². The van der Waals surface area contributed by atoms with E-state index in [0.717, 1.165) is 46.5 Å². The minimum absolute atomic E-state index is 0.0818. The number of alkyl halides is 3. The van der Waals surface area contributed by atoms with Gasteiger partial charge in [0.25, 0.3) is 5.56 Å². The van der Waals surface area contributed by atoms with Crippen molar-refractivity contribution >= 4 is 16.9 Å². The van der Waals surface area contributed by atoms with Crippen LogP contribution in [0.25, 0.3) is 11.0 Å². The standard InChI is InChI=1S/C19H18F3N5O/c20-19(21,22)16-5-6-18(28)27(25-16)12-13-7-9-26(10-8-13)17-11-23-14-3-1-2-4-15(14)24-17/h1-6,11,13H,7-10,12H2. The lowest BCUT2D eigenvalue weighted by Gasteiger charge is -2.32. The molecular formula is C19H18F3N5O. The van der Waals surface area contributed by atoms with Crippen molar-refractivity contribution < 1.29 is 13.2 Å². The summed E-state index contributed by atoms with van der Waals surface area (Å²) in [5.74, 6) is 0.866. The minimum atomic E-state index is -4.56. The topological polar surface area (TPSA) is 63.9 Å². The predicted molar refractivity (Wildman–Crippen MR) is 98.0 cm³/mol. The Balaban J connectivity index is 1.43. The van der Waals surface area contributed by atoms with E-state index in [-0.39, 0.29) is 12.5 Å². The first-order valence-electron chi connectivity index (χ1n) is 9.02. The Bertz CT molecular complexity index is 1040. The van der Waals surface area contributed by atoms with Crippen LogP contribution in [-0.4, -0.2) is 32.8 Å². The van der Waals surface area contributed by atoms with Crippen molar-refractivity contribution in [1.82, 2.24) is 19.7 Å². The molecule has 0 saturated carbocycles. The number of piperidine rings is 1. The highest BCUT2D eigenvalue weighted by molar-refractivity contribution is 5.75. The number of hydrogen-bond donors (Lipinski definition) is 0. The molecule has 0 atom stereocenters. The van der Waals surface area contributed by atoms with Crippen LogP contribution < -0.4 is 10.5 Å². The molecule has 4 rings (SSSR count). The van der Waals surface area contributed by atoms with Crippen molar-refractivity contribution in [3.63, 3.8) is 0 Å². The molecule has 1 aromatic carbocycles.